The van der Waals surface area contributed by atoms with E-state index in [1.807, 2.05) is 0 Å². The first-order valence-corrected chi connectivity index (χ1v) is 7.17. The van der Waals surface area contributed by atoms with Gasteiger partial charge in [-0.3, -0.25) is 11.3 Å². The summed E-state index contributed by atoms with van der Waals surface area (Å²) >= 11 is 5.24. The van der Waals surface area contributed by atoms with Crippen molar-refractivity contribution in [2.24, 2.45) is 5.84 Å². The van der Waals surface area contributed by atoms with Gasteiger partial charge in [0.25, 0.3) is 0 Å². The Bertz CT molecular complexity index is 462. The van der Waals surface area contributed by atoms with E-state index >= 15 is 0 Å². The van der Waals surface area contributed by atoms with Gasteiger partial charge in [-0.1, -0.05) is 22.0 Å². The zero-order chi connectivity index (χ0) is 12.3. The molecule has 1 atom stereocenters. The Morgan fingerprint density at radius 3 is 2.82 bits per heavy atom. The Balaban J connectivity index is 2.22. The van der Waals surface area contributed by atoms with Gasteiger partial charge < -0.3 is 0 Å². The van der Waals surface area contributed by atoms with Crippen LogP contribution in [0.3, 0.4) is 0 Å². The lowest BCUT2D eigenvalue weighted by atomic mass is 10.00. The molecule has 0 aliphatic rings. The van der Waals surface area contributed by atoms with Crippen LogP contribution in [0.2, 0.25) is 0 Å². The van der Waals surface area contributed by atoms with E-state index in [-0.39, 0.29) is 6.04 Å². The number of hydrogen-bond acceptors (Lipinski definition) is 3. The van der Waals surface area contributed by atoms with Crippen LogP contribution in [0.4, 0.5) is 0 Å². The number of halogens is 1. The predicted molar refractivity (Wildman–Crippen MR) is 77.0 cm³/mol. The first-order chi connectivity index (χ1) is 8.19. The fraction of sp³-hybridized carbons (Fsp3) is 0.231. The van der Waals surface area contributed by atoms with E-state index in [4.69, 9.17) is 5.84 Å². The Morgan fingerprint density at radius 1 is 1.41 bits per heavy atom. The predicted octanol–water partition coefficient (Wildman–Crippen LogP) is 3.57. The van der Waals surface area contributed by atoms with Crippen molar-refractivity contribution in [3.63, 3.8) is 0 Å². The number of thiophene rings is 1. The van der Waals surface area contributed by atoms with Gasteiger partial charge in [-0.2, -0.15) is 11.3 Å². The van der Waals surface area contributed by atoms with Crippen molar-refractivity contribution in [3.8, 4) is 0 Å². The molecule has 1 unspecified atom stereocenters. The largest absolute Gasteiger partial charge is 0.271 e. The number of nitrogens with one attached hydrogen (secondary N) is 1. The van der Waals surface area contributed by atoms with E-state index in [1.165, 1.54) is 16.7 Å². The average molecular weight is 311 g/mol. The second-order valence-electron chi connectivity index (χ2n) is 4.12. The summed E-state index contributed by atoms with van der Waals surface area (Å²) in [5.41, 5.74) is 6.66. The molecule has 1 aromatic heterocycles. The summed E-state index contributed by atoms with van der Waals surface area (Å²) < 4.78 is 1.10. The molecule has 0 amide bonds. The normalized spacial score (nSPS) is 12.6. The SMILES string of the molecule is Cc1cc(Br)cc(C(Cc2ccsc2)NN)c1. The highest BCUT2D eigenvalue weighted by Gasteiger charge is 2.11. The van der Waals surface area contributed by atoms with Gasteiger partial charge in [0.1, 0.15) is 0 Å². The molecule has 17 heavy (non-hydrogen) atoms. The van der Waals surface area contributed by atoms with E-state index in [0.29, 0.717) is 0 Å². The first kappa shape index (κ1) is 12.8. The number of hydrogen-bond donors (Lipinski definition) is 2. The van der Waals surface area contributed by atoms with E-state index < -0.39 is 0 Å². The molecular formula is C13H15BrN2S. The number of hydrazine groups is 1. The zero-order valence-electron chi connectivity index (χ0n) is 9.61. The summed E-state index contributed by atoms with van der Waals surface area (Å²) in [6, 6.07) is 8.67. The molecule has 2 nitrogen and oxygen atoms in total. The third-order valence-electron chi connectivity index (χ3n) is 2.69. The number of rotatable bonds is 4. The highest BCUT2D eigenvalue weighted by molar-refractivity contribution is 9.10. The molecule has 2 rings (SSSR count). The number of aryl methyl sites for hydroxylation is 1. The van der Waals surface area contributed by atoms with Crippen LogP contribution in [0.5, 0.6) is 0 Å². The van der Waals surface area contributed by atoms with Crippen LogP contribution in [-0.4, -0.2) is 0 Å². The van der Waals surface area contributed by atoms with Crippen LogP contribution in [0.25, 0.3) is 0 Å². The molecule has 0 bridgehead atoms. The summed E-state index contributed by atoms with van der Waals surface area (Å²) in [5, 5.41) is 4.25. The van der Waals surface area contributed by atoms with Crippen LogP contribution in [0, 0.1) is 6.92 Å². The standard InChI is InChI=1S/C13H15BrN2S/c1-9-4-11(7-12(14)5-9)13(16-15)6-10-2-3-17-8-10/h2-5,7-8,13,16H,6,15H2,1H3. The molecule has 0 saturated carbocycles. The number of nitrogens with two attached hydrogens (primary N) is 1. The van der Waals surface area contributed by atoms with Crippen molar-refractivity contribution >= 4 is 27.3 Å². The highest BCUT2D eigenvalue weighted by atomic mass is 79.9. The minimum atomic E-state index is 0.154. The van der Waals surface area contributed by atoms with Gasteiger partial charge >= 0.3 is 0 Å². The topological polar surface area (TPSA) is 38.0 Å². The maximum atomic E-state index is 5.66. The van der Waals surface area contributed by atoms with Gasteiger partial charge in [0.15, 0.2) is 0 Å². The van der Waals surface area contributed by atoms with E-state index in [1.54, 1.807) is 11.3 Å². The molecule has 4 heteroatoms. The summed E-state index contributed by atoms with van der Waals surface area (Å²) in [7, 11) is 0. The molecule has 2 aromatic rings. The third-order valence-corrected chi connectivity index (χ3v) is 3.88. The molecule has 0 fully saturated rings. The molecule has 1 aromatic carbocycles. The van der Waals surface area contributed by atoms with E-state index in [0.717, 1.165) is 10.9 Å². The van der Waals surface area contributed by atoms with Crippen molar-refractivity contribution in [2.45, 2.75) is 19.4 Å². The summed E-state index contributed by atoms with van der Waals surface area (Å²) in [5.74, 6) is 5.66. The summed E-state index contributed by atoms with van der Waals surface area (Å²) in [4.78, 5) is 0. The minimum Gasteiger partial charge on any atom is -0.271 e. The first-order valence-electron chi connectivity index (χ1n) is 5.43. The molecule has 0 radical (unpaired) electrons. The molecular weight excluding hydrogens is 296 g/mol. The summed E-state index contributed by atoms with van der Waals surface area (Å²) in [6.07, 6.45) is 0.913. The Labute approximate surface area is 114 Å². The van der Waals surface area contributed by atoms with Gasteiger partial charge in [0.2, 0.25) is 0 Å². The van der Waals surface area contributed by atoms with E-state index in [2.05, 4.69) is 63.3 Å². The molecule has 90 valence electrons. The minimum absolute atomic E-state index is 0.154. The summed E-state index contributed by atoms with van der Waals surface area (Å²) in [6.45, 7) is 2.09. The van der Waals surface area contributed by atoms with Crippen LogP contribution in [0.15, 0.2) is 39.5 Å². The Morgan fingerprint density at radius 2 is 2.24 bits per heavy atom. The Hall–Kier alpha value is -0.680. The fourth-order valence-electron chi connectivity index (χ4n) is 1.88. The molecule has 1 heterocycles. The smallest absolute Gasteiger partial charge is 0.0501 e. The molecule has 0 spiro atoms. The van der Waals surface area contributed by atoms with E-state index in [9.17, 15) is 0 Å². The number of benzene rings is 1. The monoisotopic (exact) mass is 310 g/mol. The third kappa shape index (κ3) is 3.39. The average Bonchev–Trinajstić information content (AvgIpc) is 2.77. The van der Waals surface area contributed by atoms with Crippen molar-refractivity contribution in [3.05, 3.63) is 56.2 Å². The fourth-order valence-corrected chi connectivity index (χ4v) is 3.19. The van der Waals surface area contributed by atoms with Crippen molar-refractivity contribution in [1.29, 1.82) is 0 Å². The van der Waals surface area contributed by atoms with Gasteiger partial charge in [0.05, 0.1) is 6.04 Å². The second kappa shape index (κ2) is 5.78. The zero-order valence-corrected chi connectivity index (χ0v) is 12.0. The quantitative estimate of drug-likeness (QED) is 0.669. The van der Waals surface area contributed by atoms with Crippen LogP contribution < -0.4 is 11.3 Å². The van der Waals surface area contributed by atoms with Crippen LogP contribution >= 0.6 is 27.3 Å². The van der Waals surface area contributed by atoms with Crippen molar-refractivity contribution < 1.29 is 0 Å². The van der Waals surface area contributed by atoms with Crippen molar-refractivity contribution in [2.75, 3.05) is 0 Å². The second-order valence-corrected chi connectivity index (χ2v) is 5.81. The van der Waals surface area contributed by atoms with Gasteiger partial charge in [-0.15, -0.1) is 0 Å². The van der Waals surface area contributed by atoms with Crippen molar-refractivity contribution in [1.82, 2.24) is 5.43 Å². The van der Waals surface area contributed by atoms with Gasteiger partial charge in [-0.25, -0.2) is 0 Å². The maximum Gasteiger partial charge on any atom is 0.0501 e. The highest BCUT2D eigenvalue weighted by Crippen LogP contribution is 2.23. The molecule has 3 N–H and O–H groups in total. The van der Waals surface area contributed by atoms with Crippen LogP contribution in [0.1, 0.15) is 22.7 Å². The maximum absolute atomic E-state index is 5.66. The lowest BCUT2D eigenvalue weighted by Crippen LogP contribution is -2.29. The van der Waals surface area contributed by atoms with Gasteiger partial charge in [-0.05, 0) is 59.0 Å². The lowest BCUT2D eigenvalue weighted by Gasteiger charge is -2.16. The molecule has 0 saturated heterocycles. The lowest BCUT2D eigenvalue weighted by molar-refractivity contribution is 0.552. The van der Waals surface area contributed by atoms with Crippen LogP contribution in [-0.2, 0) is 6.42 Å². The van der Waals surface area contributed by atoms with Gasteiger partial charge in [0, 0.05) is 4.47 Å². The molecule has 0 aliphatic heterocycles. The Kier molecular flexibility index (Phi) is 4.34. The molecule has 0 aliphatic carbocycles.